The van der Waals surface area contributed by atoms with Crippen molar-refractivity contribution in [3.63, 3.8) is 0 Å². The molecule has 0 aliphatic heterocycles. The molecule has 0 spiro atoms. The lowest BCUT2D eigenvalue weighted by atomic mass is 9.66. The van der Waals surface area contributed by atoms with Gasteiger partial charge in [0.1, 0.15) is 0 Å². The predicted octanol–water partition coefficient (Wildman–Crippen LogP) is 6.00. The number of benzene rings is 3. The zero-order valence-electron chi connectivity index (χ0n) is 14.0. The Balaban J connectivity index is 1.84. The van der Waals surface area contributed by atoms with Crippen molar-refractivity contribution in [1.29, 1.82) is 0 Å². The van der Waals surface area contributed by atoms with Crippen LogP contribution in [0.5, 0.6) is 0 Å². The highest BCUT2D eigenvalue weighted by Crippen LogP contribution is 2.48. The van der Waals surface area contributed by atoms with E-state index in [0.29, 0.717) is 5.92 Å². The summed E-state index contributed by atoms with van der Waals surface area (Å²) in [5.74, 6) is 0.416. The highest BCUT2D eigenvalue weighted by molar-refractivity contribution is 5.67. The van der Waals surface area contributed by atoms with Gasteiger partial charge < -0.3 is 0 Å². The first-order valence-electron chi connectivity index (χ1n) is 8.67. The zero-order valence-corrected chi connectivity index (χ0v) is 14.0. The second kappa shape index (κ2) is 6.13. The van der Waals surface area contributed by atoms with Crippen molar-refractivity contribution in [2.45, 2.75) is 24.7 Å². The smallest absolute Gasteiger partial charge is 0.0247 e. The fourth-order valence-electron chi connectivity index (χ4n) is 4.05. The Morgan fingerprint density at radius 2 is 1.38 bits per heavy atom. The molecule has 3 aromatic rings. The average molecular weight is 310 g/mol. The normalized spacial score (nSPS) is 19.9. The van der Waals surface area contributed by atoms with Gasteiger partial charge in [0.2, 0.25) is 0 Å². The van der Waals surface area contributed by atoms with Crippen molar-refractivity contribution in [2.75, 3.05) is 0 Å². The third-order valence-electron chi connectivity index (χ3n) is 5.43. The molecule has 0 heterocycles. The molecule has 2 unspecified atom stereocenters. The van der Waals surface area contributed by atoms with E-state index in [0.717, 1.165) is 6.42 Å². The van der Waals surface area contributed by atoms with E-state index in [1.54, 1.807) is 0 Å². The monoisotopic (exact) mass is 310 g/mol. The lowest BCUT2D eigenvalue weighted by molar-refractivity contribution is 0.451. The Kier molecular flexibility index (Phi) is 3.82. The van der Waals surface area contributed by atoms with Gasteiger partial charge >= 0.3 is 0 Å². The van der Waals surface area contributed by atoms with Crippen LogP contribution in [0.1, 0.15) is 35.1 Å². The summed E-state index contributed by atoms with van der Waals surface area (Å²) < 4.78 is 0. The van der Waals surface area contributed by atoms with Crippen LogP contribution in [0.4, 0.5) is 0 Å². The highest BCUT2D eigenvalue weighted by Gasteiger charge is 2.40. The summed E-state index contributed by atoms with van der Waals surface area (Å²) in [4.78, 5) is 0. The van der Waals surface area contributed by atoms with E-state index in [1.807, 2.05) is 0 Å². The van der Waals surface area contributed by atoms with Crippen molar-refractivity contribution >= 4 is 6.08 Å². The van der Waals surface area contributed by atoms with Gasteiger partial charge in [-0.1, -0.05) is 104 Å². The van der Waals surface area contributed by atoms with Gasteiger partial charge in [-0.15, -0.1) is 0 Å². The first kappa shape index (κ1) is 15.0. The van der Waals surface area contributed by atoms with Crippen LogP contribution in [0.3, 0.4) is 0 Å². The molecule has 0 radical (unpaired) electrons. The number of hydrogen-bond donors (Lipinski definition) is 0. The average Bonchev–Trinajstić information content (AvgIpc) is 3.02. The molecular formula is C24H22. The Morgan fingerprint density at radius 1 is 0.750 bits per heavy atom. The number of rotatable bonds is 4. The molecule has 118 valence electrons. The molecule has 4 rings (SSSR count). The molecule has 1 aliphatic rings. The van der Waals surface area contributed by atoms with Gasteiger partial charge in [0.05, 0.1) is 0 Å². The molecule has 24 heavy (non-hydrogen) atoms. The lowest BCUT2D eigenvalue weighted by Crippen LogP contribution is -2.31. The molecule has 0 nitrogen and oxygen atoms in total. The van der Waals surface area contributed by atoms with Gasteiger partial charge in [0.25, 0.3) is 0 Å². The van der Waals surface area contributed by atoms with Crippen molar-refractivity contribution in [2.24, 2.45) is 0 Å². The van der Waals surface area contributed by atoms with Crippen LogP contribution in [-0.2, 0) is 11.8 Å². The van der Waals surface area contributed by atoms with Gasteiger partial charge in [-0.25, -0.2) is 0 Å². The minimum Gasteiger partial charge on any atom is -0.0724 e. The molecule has 0 amide bonds. The molecule has 3 aromatic carbocycles. The maximum atomic E-state index is 2.43. The van der Waals surface area contributed by atoms with Crippen LogP contribution in [0.25, 0.3) is 6.08 Å². The van der Waals surface area contributed by atoms with E-state index in [9.17, 15) is 0 Å². The van der Waals surface area contributed by atoms with Gasteiger partial charge in [-0.2, -0.15) is 0 Å². The number of allylic oxidation sites excluding steroid dienone is 1. The summed E-state index contributed by atoms with van der Waals surface area (Å²) in [6, 6.07) is 30.6. The highest BCUT2D eigenvalue weighted by atomic mass is 14.4. The van der Waals surface area contributed by atoms with Crippen molar-refractivity contribution in [1.82, 2.24) is 0 Å². The fourth-order valence-corrected chi connectivity index (χ4v) is 4.05. The van der Waals surface area contributed by atoms with E-state index < -0.39 is 0 Å². The molecule has 1 aliphatic carbocycles. The van der Waals surface area contributed by atoms with Crippen molar-refractivity contribution < 1.29 is 0 Å². The standard InChI is InChI=1S/C24H22/c1-19(21-12-6-3-7-13-21)24(18-20-10-4-2-5-11-20)17-16-22-14-8-9-15-23(22)24/h2-17,19H,18H2,1H3. The largest absolute Gasteiger partial charge is 0.0724 e. The van der Waals surface area contributed by atoms with E-state index >= 15 is 0 Å². The summed E-state index contributed by atoms with van der Waals surface area (Å²) in [5.41, 5.74) is 5.61. The van der Waals surface area contributed by atoms with Crippen molar-refractivity contribution in [3.05, 3.63) is 113 Å². The summed E-state index contributed by atoms with van der Waals surface area (Å²) in [5, 5.41) is 0. The lowest BCUT2D eigenvalue weighted by Gasteiger charge is -2.36. The molecule has 0 heteroatoms. The van der Waals surface area contributed by atoms with Gasteiger partial charge in [0, 0.05) is 5.41 Å². The van der Waals surface area contributed by atoms with E-state index in [-0.39, 0.29) is 5.41 Å². The molecular weight excluding hydrogens is 288 g/mol. The van der Waals surface area contributed by atoms with Crippen LogP contribution in [0.2, 0.25) is 0 Å². The fraction of sp³-hybridized carbons (Fsp3) is 0.167. The Hall–Kier alpha value is -2.60. The molecule has 2 atom stereocenters. The molecule has 0 saturated heterocycles. The quantitative estimate of drug-likeness (QED) is 0.554. The minimum absolute atomic E-state index is 0.0132. The molecule has 0 N–H and O–H groups in total. The summed E-state index contributed by atoms with van der Waals surface area (Å²) in [7, 11) is 0. The molecule has 0 aromatic heterocycles. The summed E-state index contributed by atoms with van der Waals surface area (Å²) >= 11 is 0. The van der Waals surface area contributed by atoms with E-state index in [4.69, 9.17) is 0 Å². The first-order valence-corrected chi connectivity index (χ1v) is 8.67. The van der Waals surface area contributed by atoms with Crippen molar-refractivity contribution in [3.8, 4) is 0 Å². The van der Waals surface area contributed by atoms with Crippen LogP contribution >= 0.6 is 0 Å². The number of fused-ring (bicyclic) bond motifs is 1. The second-order valence-electron chi connectivity index (χ2n) is 6.76. The Bertz CT molecular complexity index is 845. The molecule has 0 fully saturated rings. The van der Waals surface area contributed by atoms with Crippen LogP contribution in [0, 0.1) is 0 Å². The third-order valence-corrected chi connectivity index (χ3v) is 5.43. The minimum atomic E-state index is 0.0132. The van der Waals surface area contributed by atoms with Crippen LogP contribution < -0.4 is 0 Å². The maximum Gasteiger partial charge on any atom is 0.0247 e. The maximum absolute atomic E-state index is 2.43. The topological polar surface area (TPSA) is 0 Å². The Labute approximate surface area is 144 Å². The molecule has 0 bridgehead atoms. The van der Waals surface area contributed by atoms with E-state index in [1.165, 1.54) is 22.3 Å². The van der Waals surface area contributed by atoms with Crippen LogP contribution in [-0.4, -0.2) is 0 Å². The summed E-state index contributed by atoms with van der Waals surface area (Å²) in [6.07, 6.45) is 5.76. The van der Waals surface area contributed by atoms with Gasteiger partial charge in [-0.05, 0) is 34.6 Å². The van der Waals surface area contributed by atoms with Gasteiger partial charge in [-0.3, -0.25) is 0 Å². The van der Waals surface area contributed by atoms with Crippen LogP contribution in [0.15, 0.2) is 91.0 Å². The SMILES string of the molecule is CC(c1ccccc1)C1(Cc2ccccc2)C=Cc2ccccc21. The Morgan fingerprint density at radius 3 is 2.12 bits per heavy atom. The van der Waals surface area contributed by atoms with E-state index in [2.05, 4.69) is 104 Å². The zero-order chi connectivity index (χ0) is 16.4. The van der Waals surface area contributed by atoms with Gasteiger partial charge in [0.15, 0.2) is 0 Å². The first-order chi connectivity index (χ1) is 11.8. The molecule has 0 saturated carbocycles. The number of hydrogen-bond acceptors (Lipinski definition) is 0. The second-order valence-corrected chi connectivity index (χ2v) is 6.76. The summed E-state index contributed by atoms with van der Waals surface area (Å²) in [6.45, 7) is 2.37. The third kappa shape index (κ3) is 2.49. The predicted molar refractivity (Wildman–Crippen MR) is 102 cm³/mol.